The molecule has 2 aromatic rings. The largest absolute Gasteiger partial charge is 0.312 e. The molecule has 20 heavy (non-hydrogen) atoms. The number of nitrogens with one attached hydrogen (secondary N) is 2. The molecule has 0 saturated carbocycles. The van der Waals surface area contributed by atoms with E-state index in [1.165, 1.54) is 12.1 Å². The average molecular weight is 274 g/mol. The standard InChI is InChI=1S/C15H19FN4/c1-11-9-20(7-6-17-11)10-13-8-18-19-15(13)12-2-4-14(16)5-3-12/h2-5,8,11,17H,6-7,9-10H2,1H3,(H,18,19). The Labute approximate surface area is 118 Å². The number of hydrogen-bond acceptors (Lipinski definition) is 3. The monoisotopic (exact) mass is 274 g/mol. The number of nitrogens with zero attached hydrogens (tertiary/aromatic N) is 2. The molecular formula is C15H19FN4. The molecule has 2 heterocycles. The van der Waals surface area contributed by atoms with E-state index >= 15 is 0 Å². The van der Waals surface area contributed by atoms with Crippen molar-refractivity contribution in [1.82, 2.24) is 20.4 Å². The van der Waals surface area contributed by atoms with Gasteiger partial charge in [-0.1, -0.05) is 0 Å². The van der Waals surface area contributed by atoms with Gasteiger partial charge in [0.2, 0.25) is 0 Å². The van der Waals surface area contributed by atoms with Crippen LogP contribution in [0.25, 0.3) is 11.3 Å². The molecule has 1 aromatic carbocycles. The summed E-state index contributed by atoms with van der Waals surface area (Å²) < 4.78 is 13.0. The van der Waals surface area contributed by atoms with E-state index in [9.17, 15) is 4.39 Å². The lowest BCUT2D eigenvalue weighted by Gasteiger charge is -2.31. The fraction of sp³-hybridized carbons (Fsp3) is 0.400. The molecule has 1 fully saturated rings. The molecule has 3 rings (SSSR count). The Morgan fingerprint density at radius 2 is 2.15 bits per heavy atom. The first-order valence-corrected chi connectivity index (χ1v) is 6.96. The van der Waals surface area contributed by atoms with Crippen LogP contribution in [-0.4, -0.2) is 40.8 Å². The first-order chi connectivity index (χ1) is 9.72. The Balaban J connectivity index is 1.78. The minimum absolute atomic E-state index is 0.217. The smallest absolute Gasteiger partial charge is 0.123 e. The summed E-state index contributed by atoms with van der Waals surface area (Å²) in [5.41, 5.74) is 3.11. The van der Waals surface area contributed by atoms with Crippen LogP contribution < -0.4 is 5.32 Å². The number of aromatic nitrogens is 2. The number of hydrogen-bond donors (Lipinski definition) is 2. The Kier molecular flexibility index (Phi) is 3.80. The first-order valence-electron chi connectivity index (χ1n) is 6.96. The molecule has 1 aliphatic heterocycles. The van der Waals surface area contributed by atoms with Gasteiger partial charge in [-0.2, -0.15) is 5.10 Å². The van der Waals surface area contributed by atoms with E-state index in [2.05, 4.69) is 27.3 Å². The quantitative estimate of drug-likeness (QED) is 0.900. The van der Waals surface area contributed by atoms with E-state index in [1.807, 2.05) is 6.20 Å². The summed E-state index contributed by atoms with van der Waals surface area (Å²) in [5.74, 6) is -0.217. The van der Waals surface area contributed by atoms with E-state index in [1.54, 1.807) is 12.1 Å². The summed E-state index contributed by atoms with van der Waals surface area (Å²) >= 11 is 0. The third-order valence-electron chi connectivity index (χ3n) is 3.70. The number of aromatic amines is 1. The summed E-state index contributed by atoms with van der Waals surface area (Å²) in [6, 6.07) is 7.05. The maximum absolute atomic E-state index is 13.0. The minimum Gasteiger partial charge on any atom is -0.312 e. The second-order valence-corrected chi connectivity index (χ2v) is 5.37. The van der Waals surface area contributed by atoms with Gasteiger partial charge in [0.15, 0.2) is 0 Å². The first kappa shape index (κ1) is 13.3. The van der Waals surface area contributed by atoms with Crippen LogP contribution in [0.1, 0.15) is 12.5 Å². The van der Waals surface area contributed by atoms with Gasteiger partial charge in [0.25, 0.3) is 0 Å². The van der Waals surface area contributed by atoms with Crippen molar-refractivity contribution in [2.75, 3.05) is 19.6 Å². The van der Waals surface area contributed by atoms with Crippen LogP contribution in [0.5, 0.6) is 0 Å². The molecule has 1 aromatic heterocycles. The van der Waals surface area contributed by atoms with Gasteiger partial charge in [-0.05, 0) is 31.2 Å². The molecule has 0 amide bonds. The lowest BCUT2D eigenvalue weighted by molar-refractivity contribution is 0.200. The number of halogens is 1. The topological polar surface area (TPSA) is 44.0 Å². The number of benzene rings is 1. The zero-order chi connectivity index (χ0) is 13.9. The van der Waals surface area contributed by atoms with Gasteiger partial charge < -0.3 is 5.32 Å². The van der Waals surface area contributed by atoms with Crippen LogP contribution in [0.4, 0.5) is 4.39 Å². The van der Waals surface area contributed by atoms with Gasteiger partial charge in [0, 0.05) is 43.3 Å². The molecule has 0 bridgehead atoms. The van der Waals surface area contributed by atoms with Crippen molar-refractivity contribution in [2.24, 2.45) is 0 Å². The Morgan fingerprint density at radius 1 is 1.35 bits per heavy atom. The van der Waals surface area contributed by atoms with Crippen molar-refractivity contribution >= 4 is 0 Å². The highest BCUT2D eigenvalue weighted by Crippen LogP contribution is 2.22. The second-order valence-electron chi connectivity index (χ2n) is 5.37. The molecule has 4 nitrogen and oxygen atoms in total. The number of H-pyrrole nitrogens is 1. The van der Waals surface area contributed by atoms with Crippen molar-refractivity contribution in [3.63, 3.8) is 0 Å². The van der Waals surface area contributed by atoms with Crippen LogP contribution >= 0.6 is 0 Å². The number of piperazine rings is 1. The maximum Gasteiger partial charge on any atom is 0.123 e. The highest BCUT2D eigenvalue weighted by Gasteiger charge is 2.18. The van der Waals surface area contributed by atoms with Gasteiger partial charge in [0.05, 0.1) is 11.9 Å². The third kappa shape index (κ3) is 2.89. The normalized spacial score (nSPS) is 20.2. The summed E-state index contributed by atoms with van der Waals surface area (Å²) in [6.45, 7) is 6.16. The van der Waals surface area contributed by atoms with Crippen LogP contribution in [0.15, 0.2) is 30.5 Å². The van der Waals surface area contributed by atoms with Crippen molar-refractivity contribution in [1.29, 1.82) is 0 Å². The summed E-state index contributed by atoms with van der Waals surface area (Å²) in [6.07, 6.45) is 1.87. The molecule has 0 aliphatic carbocycles. The maximum atomic E-state index is 13.0. The SMILES string of the molecule is CC1CN(Cc2cn[nH]c2-c2ccc(F)cc2)CCN1. The third-order valence-corrected chi connectivity index (χ3v) is 3.70. The predicted molar refractivity (Wildman–Crippen MR) is 76.7 cm³/mol. The fourth-order valence-corrected chi connectivity index (χ4v) is 2.69. The van der Waals surface area contributed by atoms with Gasteiger partial charge in [-0.3, -0.25) is 10.00 Å². The van der Waals surface area contributed by atoms with E-state index in [0.29, 0.717) is 6.04 Å². The lowest BCUT2D eigenvalue weighted by Crippen LogP contribution is -2.48. The molecule has 1 aliphatic rings. The van der Waals surface area contributed by atoms with Crippen molar-refractivity contribution in [3.05, 3.63) is 41.8 Å². The number of rotatable bonds is 3. The van der Waals surface area contributed by atoms with E-state index in [4.69, 9.17) is 0 Å². The summed E-state index contributed by atoms with van der Waals surface area (Å²) in [5, 5.41) is 10.6. The van der Waals surface area contributed by atoms with Crippen molar-refractivity contribution in [2.45, 2.75) is 19.5 Å². The summed E-state index contributed by atoms with van der Waals surface area (Å²) in [4.78, 5) is 2.42. The molecular weight excluding hydrogens is 255 g/mol. The van der Waals surface area contributed by atoms with E-state index < -0.39 is 0 Å². The van der Waals surface area contributed by atoms with Crippen LogP contribution in [0.3, 0.4) is 0 Å². The highest BCUT2D eigenvalue weighted by atomic mass is 19.1. The fourth-order valence-electron chi connectivity index (χ4n) is 2.69. The molecule has 1 atom stereocenters. The molecule has 106 valence electrons. The highest BCUT2D eigenvalue weighted by molar-refractivity contribution is 5.62. The molecule has 1 saturated heterocycles. The van der Waals surface area contributed by atoms with Crippen LogP contribution in [0, 0.1) is 5.82 Å². The van der Waals surface area contributed by atoms with Gasteiger partial charge in [0.1, 0.15) is 5.82 Å². The van der Waals surface area contributed by atoms with E-state index in [0.717, 1.165) is 43.0 Å². The Morgan fingerprint density at radius 3 is 2.90 bits per heavy atom. The molecule has 0 spiro atoms. The predicted octanol–water partition coefficient (Wildman–Crippen LogP) is 2.01. The average Bonchev–Trinajstić information content (AvgIpc) is 2.88. The zero-order valence-electron chi connectivity index (χ0n) is 11.6. The van der Waals surface area contributed by atoms with Gasteiger partial charge in [-0.15, -0.1) is 0 Å². The molecule has 1 unspecified atom stereocenters. The van der Waals surface area contributed by atoms with E-state index in [-0.39, 0.29) is 5.82 Å². The Hall–Kier alpha value is -1.72. The van der Waals surface area contributed by atoms with Crippen LogP contribution in [-0.2, 0) is 6.54 Å². The zero-order valence-corrected chi connectivity index (χ0v) is 11.6. The van der Waals surface area contributed by atoms with Crippen molar-refractivity contribution < 1.29 is 4.39 Å². The van der Waals surface area contributed by atoms with Crippen LogP contribution in [0.2, 0.25) is 0 Å². The minimum atomic E-state index is -0.217. The van der Waals surface area contributed by atoms with Gasteiger partial charge >= 0.3 is 0 Å². The summed E-state index contributed by atoms with van der Waals surface area (Å²) in [7, 11) is 0. The molecule has 2 N–H and O–H groups in total. The Bertz CT molecular complexity index is 564. The lowest BCUT2D eigenvalue weighted by atomic mass is 10.1. The molecule has 5 heteroatoms. The second kappa shape index (κ2) is 5.73. The molecule has 0 radical (unpaired) electrons. The van der Waals surface area contributed by atoms with Crippen molar-refractivity contribution in [3.8, 4) is 11.3 Å². The van der Waals surface area contributed by atoms with Gasteiger partial charge in [-0.25, -0.2) is 4.39 Å².